The van der Waals surface area contributed by atoms with Crippen molar-refractivity contribution in [2.45, 2.75) is 37.8 Å². The van der Waals surface area contributed by atoms with Crippen molar-refractivity contribution in [1.82, 2.24) is 5.32 Å². The number of carboxylic acids is 1. The number of carboxylic acid groups (broad SMARTS) is 1. The van der Waals surface area contributed by atoms with Gasteiger partial charge >= 0.3 is 12.0 Å². The summed E-state index contributed by atoms with van der Waals surface area (Å²) in [5.41, 5.74) is -0.263. The molecule has 1 saturated carbocycles. The molecule has 1 aromatic carbocycles. The Morgan fingerprint density at radius 1 is 1.19 bits per heavy atom. The first-order chi connectivity index (χ1) is 9.95. The van der Waals surface area contributed by atoms with Crippen LogP contribution in [0.1, 0.15) is 36.0 Å². The standard InChI is InChI=1S/C14H17FN2O4/c15-8-1-6-12(11(7-8)13(19)20)17-14(21)16-9-2-4-10(18)5-3-9/h1,6-7,9-10,18H,2-5H2,(H,19,20)(H2,16,17,21). The number of aromatic carboxylic acids is 1. The molecule has 7 heteroatoms. The number of rotatable bonds is 3. The van der Waals surface area contributed by atoms with Crippen LogP contribution in [0.4, 0.5) is 14.9 Å². The monoisotopic (exact) mass is 296 g/mol. The highest BCUT2D eigenvalue weighted by Crippen LogP contribution is 2.20. The van der Waals surface area contributed by atoms with Crippen molar-refractivity contribution < 1.29 is 24.2 Å². The van der Waals surface area contributed by atoms with Crippen LogP contribution in [0.3, 0.4) is 0 Å². The van der Waals surface area contributed by atoms with Crippen LogP contribution in [0.15, 0.2) is 18.2 Å². The second-order valence-corrected chi connectivity index (χ2v) is 5.10. The maximum absolute atomic E-state index is 13.0. The number of aliphatic hydroxyl groups excluding tert-OH is 1. The Balaban J connectivity index is 1.98. The van der Waals surface area contributed by atoms with Gasteiger partial charge in [-0.3, -0.25) is 0 Å². The third-order valence-electron chi connectivity index (χ3n) is 3.49. The summed E-state index contributed by atoms with van der Waals surface area (Å²) in [5.74, 6) is -2.00. The number of anilines is 1. The first-order valence-electron chi connectivity index (χ1n) is 6.74. The SMILES string of the molecule is O=C(Nc1ccc(F)cc1C(=O)O)NC1CCC(O)CC1. The highest BCUT2D eigenvalue weighted by molar-refractivity contribution is 6.00. The molecule has 2 rings (SSSR count). The molecule has 1 aliphatic carbocycles. The van der Waals surface area contributed by atoms with Crippen molar-refractivity contribution in [2.24, 2.45) is 0 Å². The summed E-state index contributed by atoms with van der Waals surface area (Å²) < 4.78 is 13.0. The fourth-order valence-electron chi connectivity index (χ4n) is 2.37. The lowest BCUT2D eigenvalue weighted by molar-refractivity contribution is 0.0697. The van der Waals surface area contributed by atoms with Crippen molar-refractivity contribution in [1.29, 1.82) is 0 Å². The molecule has 0 atom stereocenters. The third kappa shape index (κ3) is 4.16. The van der Waals surface area contributed by atoms with Crippen molar-refractivity contribution in [3.05, 3.63) is 29.6 Å². The number of hydrogen-bond donors (Lipinski definition) is 4. The zero-order valence-electron chi connectivity index (χ0n) is 11.3. The molecular formula is C14H17FN2O4. The molecule has 0 radical (unpaired) electrons. The summed E-state index contributed by atoms with van der Waals surface area (Å²) in [6.07, 6.45) is 2.28. The predicted octanol–water partition coefficient (Wildman–Crippen LogP) is 1.95. The van der Waals surface area contributed by atoms with E-state index in [0.29, 0.717) is 25.7 Å². The van der Waals surface area contributed by atoms with Crippen LogP contribution in [-0.4, -0.2) is 34.4 Å². The molecule has 0 saturated heterocycles. The zero-order valence-corrected chi connectivity index (χ0v) is 11.3. The summed E-state index contributed by atoms with van der Waals surface area (Å²) in [6, 6.07) is 2.56. The van der Waals surface area contributed by atoms with Gasteiger partial charge < -0.3 is 20.8 Å². The topological polar surface area (TPSA) is 98.7 Å². The van der Waals surface area contributed by atoms with Crippen LogP contribution >= 0.6 is 0 Å². The Bertz CT molecular complexity index is 542. The van der Waals surface area contributed by atoms with Crippen molar-refractivity contribution in [2.75, 3.05) is 5.32 Å². The molecule has 1 aliphatic rings. The molecule has 0 spiro atoms. The average molecular weight is 296 g/mol. The first kappa shape index (κ1) is 15.2. The molecule has 1 fully saturated rings. The highest BCUT2D eigenvalue weighted by atomic mass is 19.1. The molecule has 0 aromatic heterocycles. The van der Waals surface area contributed by atoms with E-state index in [-0.39, 0.29) is 23.4 Å². The Labute approximate surface area is 121 Å². The van der Waals surface area contributed by atoms with E-state index in [2.05, 4.69) is 10.6 Å². The minimum atomic E-state index is -1.31. The largest absolute Gasteiger partial charge is 0.478 e. The number of nitrogens with one attached hydrogen (secondary N) is 2. The lowest BCUT2D eigenvalue weighted by Crippen LogP contribution is -2.41. The second-order valence-electron chi connectivity index (χ2n) is 5.10. The number of urea groups is 1. The fraction of sp³-hybridized carbons (Fsp3) is 0.429. The summed E-state index contributed by atoms with van der Waals surface area (Å²) >= 11 is 0. The van der Waals surface area contributed by atoms with Crippen molar-refractivity contribution in [3.8, 4) is 0 Å². The van der Waals surface area contributed by atoms with Gasteiger partial charge in [-0.15, -0.1) is 0 Å². The number of halogens is 1. The molecule has 0 bridgehead atoms. The van der Waals surface area contributed by atoms with Gasteiger partial charge in [0.2, 0.25) is 0 Å². The molecule has 6 nitrogen and oxygen atoms in total. The smallest absolute Gasteiger partial charge is 0.337 e. The van der Waals surface area contributed by atoms with E-state index in [4.69, 9.17) is 5.11 Å². The molecule has 0 unspecified atom stereocenters. The van der Waals surface area contributed by atoms with Crippen LogP contribution in [0.2, 0.25) is 0 Å². The second kappa shape index (κ2) is 6.53. The average Bonchev–Trinajstić information content (AvgIpc) is 2.43. The molecule has 114 valence electrons. The molecule has 2 amide bonds. The van der Waals surface area contributed by atoms with Crippen molar-refractivity contribution in [3.63, 3.8) is 0 Å². The van der Waals surface area contributed by atoms with Crippen LogP contribution in [0.25, 0.3) is 0 Å². The van der Waals surface area contributed by atoms with Crippen LogP contribution in [-0.2, 0) is 0 Å². The van der Waals surface area contributed by atoms with Gasteiger partial charge in [0.25, 0.3) is 0 Å². The zero-order chi connectivity index (χ0) is 15.4. The molecule has 1 aromatic rings. The van der Waals surface area contributed by atoms with E-state index >= 15 is 0 Å². The van der Waals surface area contributed by atoms with Gasteiger partial charge in [0, 0.05) is 6.04 Å². The van der Waals surface area contributed by atoms with E-state index in [1.165, 1.54) is 6.07 Å². The van der Waals surface area contributed by atoms with Gasteiger partial charge in [0.05, 0.1) is 17.4 Å². The normalized spacial score (nSPS) is 21.6. The maximum Gasteiger partial charge on any atom is 0.337 e. The van der Waals surface area contributed by atoms with Gasteiger partial charge in [-0.25, -0.2) is 14.0 Å². The minimum absolute atomic E-state index is 0.0391. The first-order valence-corrected chi connectivity index (χ1v) is 6.74. The fourth-order valence-corrected chi connectivity index (χ4v) is 2.37. The Kier molecular flexibility index (Phi) is 4.74. The van der Waals surface area contributed by atoms with E-state index in [9.17, 15) is 19.1 Å². The van der Waals surface area contributed by atoms with Gasteiger partial charge in [-0.2, -0.15) is 0 Å². The number of aliphatic hydroxyl groups is 1. The molecule has 4 N–H and O–H groups in total. The third-order valence-corrected chi connectivity index (χ3v) is 3.49. The number of hydrogen-bond acceptors (Lipinski definition) is 3. The van der Waals surface area contributed by atoms with Gasteiger partial charge in [0.15, 0.2) is 0 Å². The van der Waals surface area contributed by atoms with E-state index in [1.54, 1.807) is 0 Å². The summed E-state index contributed by atoms with van der Waals surface area (Å²) in [6.45, 7) is 0. The Morgan fingerprint density at radius 2 is 1.86 bits per heavy atom. The summed E-state index contributed by atoms with van der Waals surface area (Å²) in [7, 11) is 0. The summed E-state index contributed by atoms with van der Waals surface area (Å²) in [5, 5.41) is 23.5. The van der Waals surface area contributed by atoms with Crippen LogP contribution in [0, 0.1) is 5.82 Å². The summed E-state index contributed by atoms with van der Waals surface area (Å²) in [4.78, 5) is 22.9. The number of amides is 2. The van der Waals surface area contributed by atoms with Gasteiger partial charge in [0.1, 0.15) is 5.82 Å². The molecular weight excluding hydrogens is 279 g/mol. The highest BCUT2D eigenvalue weighted by Gasteiger charge is 2.21. The van der Waals surface area contributed by atoms with Gasteiger partial charge in [-0.1, -0.05) is 0 Å². The molecule has 0 aliphatic heterocycles. The van der Waals surface area contributed by atoms with Crippen LogP contribution < -0.4 is 10.6 Å². The number of carbonyl (C=O) groups excluding carboxylic acids is 1. The van der Waals surface area contributed by atoms with E-state index in [1.807, 2.05) is 0 Å². The quantitative estimate of drug-likeness (QED) is 0.685. The molecule has 0 heterocycles. The minimum Gasteiger partial charge on any atom is -0.478 e. The predicted molar refractivity (Wildman–Crippen MR) is 73.8 cm³/mol. The lowest BCUT2D eigenvalue weighted by Gasteiger charge is -2.26. The van der Waals surface area contributed by atoms with Crippen molar-refractivity contribution >= 4 is 17.7 Å². The number of benzene rings is 1. The maximum atomic E-state index is 13.0. The van der Waals surface area contributed by atoms with E-state index in [0.717, 1.165) is 12.1 Å². The molecule has 21 heavy (non-hydrogen) atoms. The Hall–Kier alpha value is -2.15. The lowest BCUT2D eigenvalue weighted by atomic mass is 9.93. The van der Waals surface area contributed by atoms with Gasteiger partial charge in [-0.05, 0) is 43.9 Å². The van der Waals surface area contributed by atoms with E-state index < -0.39 is 17.8 Å². The Morgan fingerprint density at radius 3 is 2.48 bits per heavy atom. The van der Waals surface area contributed by atoms with Crippen LogP contribution in [0.5, 0.6) is 0 Å². The number of carbonyl (C=O) groups is 2.